The molecule has 0 amide bonds. The largest absolute Gasteiger partial charge is 0.407 e. The molecule has 44 heavy (non-hydrogen) atoms. The summed E-state index contributed by atoms with van der Waals surface area (Å²) in [7, 11) is -6.49. The molecule has 0 N–H and O–H groups in total. The third kappa shape index (κ3) is 6.79. The summed E-state index contributed by atoms with van der Waals surface area (Å²) in [5.74, 6) is 0.0748. The summed E-state index contributed by atoms with van der Waals surface area (Å²) < 4.78 is 37.8. The molecule has 1 heterocycles. The van der Waals surface area contributed by atoms with Gasteiger partial charge in [-0.1, -0.05) is 131 Å². The van der Waals surface area contributed by atoms with Gasteiger partial charge in [-0.15, -0.1) is 6.58 Å². The van der Waals surface area contributed by atoms with Gasteiger partial charge in [0.05, 0.1) is 10.9 Å². The number of hydrogen-bond donors (Lipinski definition) is 0. The zero-order valence-electron chi connectivity index (χ0n) is 27.1. The highest BCUT2D eigenvalue weighted by Crippen LogP contribution is 2.39. The van der Waals surface area contributed by atoms with Crippen LogP contribution in [0.2, 0.25) is 5.04 Å². The van der Waals surface area contributed by atoms with Gasteiger partial charge in [-0.05, 0) is 71.6 Å². The molecule has 3 aromatic rings. The van der Waals surface area contributed by atoms with E-state index in [0.717, 1.165) is 17.6 Å². The summed E-state index contributed by atoms with van der Waals surface area (Å²) in [6.45, 7) is 19.6. The molecule has 0 saturated carbocycles. The Morgan fingerprint density at radius 1 is 0.909 bits per heavy atom. The molecule has 1 aliphatic heterocycles. The zero-order valence-corrected chi connectivity index (χ0v) is 28.9. The van der Waals surface area contributed by atoms with Gasteiger partial charge in [0.2, 0.25) is 10.0 Å². The molecule has 0 spiro atoms. The predicted molar refractivity (Wildman–Crippen MR) is 187 cm³/mol. The Morgan fingerprint density at radius 2 is 1.48 bits per heavy atom. The van der Waals surface area contributed by atoms with Gasteiger partial charge in [-0.2, -0.15) is 4.31 Å². The number of sulfonamides is 1. The zero-order chi connectivity index (χ0) is 32.0. The van der Waals surface area contributed by atoms with Crippen molar-refractivity contribution < 1.29 is 12.8 Å². The van der Waals surface area contributed by atoms with Gasteiger partial charge in [-0.25, -0.2) is 8.42 Å². The first-order valence-corrected chi connectivity index (χ1v) is 19.2. The fourth-order valence-electron chi connectivity index (χ4n) is 6.81. The molecule has 6 heteroatoms. The van der Waals surface area contributed by atoms with Gasteiger partial charge >= 0.3 is 0 Å². The van der Waals surface area contributed by atoms with E-state index in [2.05, 4.69) is 108 Å². The van der Waals surface area contributed by atoms with E-state index in [0.29, 0.717) is 30.8 Å². The monoisotopic (exact) mass is 627 g/mol. The van der Waals surface area contributed by atoms with E-state index in [9.17, 15) is 8.42 Å². The molecule has 3 aromatic carbocycles. The molecule has 0 aliphatic carbocycles. The van der Waals surface area contributed by atoms with Gasteiger partial charge < -0.3 is 4.43 Å². The lowest BCUT2D eigenvalue weighted by atomic mass is 9.84. The molecule has 0 unspecified atom stereocenters. The molecule has 4 nitrogen and oxygen atoms in total. The lowest BCUT2D eigenvalue weighted by molar-refractivity contribution is 0.189. The fraction of sp³-hybridized carbons (Fsp3) is 0.368. The lowest BCUT2D eigenvalue weighted by Crippen LogP contribution is -2.66. The standard InChI is InChI=1S/C38H49NO3SSi/c1-8-18-36-31(9-2)29-32(10-3)37(39(36)43(40,41)33-26-24-30(4)25-27-33)23-17-28-42-44(38(5,6)7,34-19-13-11-14-20-34)35-21-15-12-16-22-35/h8,10-16,19-22,24-27,29,31,36-37H,1,3,9,17-18,23,28H2,2,4-7H3/t31-,36+,37-/m0/s1. The Balaban J connectivity index is 1.70. The van der Waals surface area contributed by atoms with Crippen molar-refractivity contribution in [3.8, 4) is 0 Å². The van der Waals surface area contributed by atoms with Gasteiger partial charge in [0.25, 0.3) is 8.32 Å². The Bertz CT molecular complexity index is 1490. The molecule has 4 rings (SSSR count). The minimum atomic E-state index is -3.80. The van der Waals surface area contributed by atoms with E-state index >= 15 is 0 Å². The van der Waals surface area contributed by atoms with Crippen molar-refractivity contribution in [1.82, 2.24) is 4.31 Å². The molecule has 0 radical (unpaired) electrons. The van der Waals surface area contributed by atoms with E-state index < -0.39 is 18.3 Å². The normalized spacial score (nSPS) is 19.8. The van der Waals surface area contributed by atoms with Crippen LogP contribution in [0.4, 0.5) is 0 Å². The Hall–Kier alpha value is -3.03. The van der Waals surface area contributed by atoms with Crippen LogP contribution in [0.15, 0.2) is 127 Å². The summed E-state index contributed by atoms with van der Waals surface area (Å²) in [6.07, 6.45) is 8.69. The second-order valence-corrected chi connectivity index (χ2v) is 19.0. The summed E-state index contributed by atoms with van der Waals surface area (Å²) >= 11 is 0. The number of benzene rings is 3. The first-order valence-electron chi connectivity index (χ1n) is 15.8. The number of hydrogen-bond acceptors (Lipinski definition) is 3. The predicted octanol–water partition coefficient (Wildman–Crippen LogP) is 7.81. The fourth-order valence-corrected chi connectivity index (χ4v) is 13.3. The van der Waals surface area contributed by atoms with E-state index in [-0.39, 0.29) is 23.0 Å². The lowest BCUT2D eigenvalue weighted by Gasteiger charge is -2.45. The molecule has 0 bridgehead atoms. The Morgan fingerprint density at radius 3 is 1.95 bits per heavy atom. The first kappa shape index (κ1) is 33.9. The molecule has 234 valence electrons. The molecule has 0 saturated heterocycles. The maximum atomic E-state index is 14.4. The molecular formula is C38H49NO3SSi. The van der Waals surface area contributed by atoms with Gasteiger partial charge in [0.1, 0.15) is 0 Å². The first-order chi connectivity index (χ1) is 21.0. The van der Waals surface area contributed by atoms with Crippen molar-refractivity contribution in [2.45, 2.75) is 82.3 Å². The van der Waals surface area contributed by atoms with Crippen LogP contribution < -0.4 is 10.4 Å². The third-order valence-corrected chi connectivity index (χ3v) is 16.0. The van der Waals surface area contributed by atoms with Crippen LogP contribution in [0.5, 0.6) is 0 Å². The third-order valence-electron chi connectivity index (χ3n) is 8.99. The van der Waals surface area contributed by atoms with E-state index in [1.807, 2.05) is 31.2 Å². The Labute approximate surface area is 267 Å². The van der Waals surface area contributed by atoms with Crippen molar-refractivity contribution >= 4 is 28.7 Å². The number of aryl methyl sites for hydroxylation is 1. The van der Waals surface area contributed by atoms with Gasteiger partial charge in [0, 0.05) is 12.6 Å². The van der Waals surface area contributed by atoms with Crippen molar-refractivity contribution in [1.29, 1.82) is 0 Å². The van der Waals surface area contributed by atoms with Crippen LogP contribution in [-0.2, 0) is 14.4 Å². The molecular weight excluding hydrogens is 579 g/mol. The summed E-state index contributed by atoms with van der Waals surface area (Å²) in [4.78, 5) is 0.325. The maximum Gasteiger partial charge on any atom is 0.261 e. The number of rotatable bonds is 13. The smallest absolute Gasteiger partial charge is 0.261 e. The second kappa shape index (κ2) is 14.4. The topological polar surface area (TPSA) is 46.6 Å². The second-order valence-electron chi connectivity index (χ2n) is 12.9. The molecule has 3 atom stereocenters. The van der Waals surface area contributed by atoms with E-state index in [1.165, 1.54) is 10.4 Å². The van der Waals surface area contributed by atoms with Crippen molar-refractivity contribution in [3.63, 3.8) is 0 Å². The van der Waals surface area contributed by atoms with Crippen LogP contribution in [0.25, 0.3) is 0 Å². The average molecular weight is 628 g/mol. The van der Waals surface area contributed by atoms with Crippen LogP contribution in [0.1, 0.15) is 58.9 Å². The molecule has 1 aliphatic rings. The SMILES string of the molecule is C=CC[C@@H]1[C@@H](CC)C=C(C=C)[C@H](CCCO[Si](c2ccccc2)(c2ccccc2)C(C)(C)C)N1S(=O)(=O)c1ccc(C)cc1. The minimum absolute atomic E-state index is 0.0748. The summed E-state index contributed by atoms with van der Waals surface area (Å²) in [5.41, 5.74) is 2.00. The quantitative estimate of drug-likeness (QED) is 0.110. The minimum Gasteiger partial charge on any atom is -0.407 e. The van der Waals surface area contributed by atoms with E-state index in [1.54, 1.807) is 16.4 Å². The highest BCUT2D eigenvalue weighted by atomic mass is 32.2. The van der Waals surface area contributed by atoms with Crippen molar-refractivity contribution in [2.75, 3.05) is 6.61 Å². The summed E-state index contributed by atoms with van der Waals surface area (Å²) in [6, 6.07) is 27.9. The van der Waals surface area contributed by atoms with E-state index in [4.69, 9.17) is 4.43 Å². The van der Waals surface area contributed by atoms with Crippen LogP contribution in [-0.4, -0.2) is 39.7 Å². The van der Waals surface area contributed by atoms with Gasteiger partial charge in [-0.3, -0.25) is 0 Å². The highest BCUT2D eigenvalue weighted by molar-refractivity contribution is 7.89. The van der Waals surface area contributed by atoms with Crippen molar-refractivity contribution in [2.24, 2.45) is 5.92 Å². The van der Waals surface area contributed by atoms with Crippen LogP contribution in [0, 0.1) is 12.8 Å². The van der Waals surface area contributed by atoms with Crippen molar-refractivity contribution in [3.05, 3.63) is 127 Å². The van der Waals surface area contributed by atoms with Crippen LogP contribution >= 0.6 is 0 Å². The summed E-state index contributed by atoms with van der Waals surface area (Å²) in [5, 5.41) is 2.35. The maximum absolute atomic E-state index is 14.4. The number of nitrogens with zero attached hydrogens (tertiary/aromatic N) is 1. The van der Waals surface area contributed by atoms with Crippen LogP contribution in [0.3, 0.4) is 0 Å². The highest BCUT2D eigenvalue weighted by Gasteiger charge is 2.50. The van der Waals surface area contributed by atoms with Gasteiger partial charge in [0.15, 0.2) is 0 Å². The Kier molecular flexibility index (Phi) is 11.1. The molecule has 0 fully saturated rings. The molecule has 0 aromatic heterocycles. The average Bonchev–Trinajstić information content (AvgIpc) is 3.01.